The van der Waals surface area contributed by atoms with Gasteiger partial charge in [0.2, 0.25) is 0 Å². The lowest BCUT2D eigenvalue weighted by Crippen LogP contribution is -2.46. The molecule has 0 atom stereocenters. The predicted octanol–water partition coefficient (Wildman–Crippen LogP) is 4.28. The molecule has 1 aromatic heterocycles. The Morgan fingerprint density at radius 3 is 2.60 bits per heavy atom. The van der Waals surface area contributed by atoms with E-state index in [1.54, 1.807) is 11.5 Å². The molecule has 0 radical (unpaired) electrons. The summed E-state index contributed by atoms with van der Waals surface area (Å²) in [5.74, 6) is -2.38. The zero-order valence-corrected chi connectivity index (χ0v) is 18.2. The molecule has 6 nitrogen and oxygen atoms in total. The fourth-order valence-corrected chi connectivity index (χ4v) is 3.86. The van der Waals surface area contributed by atoms with E-state index < -0.39 is 23.1 Å². The van der Waals surface area contributed by atoms with Gasteiger partial charge in [-0.25, -0.2) is 4.39 Å². The molecule has 0 unspecified atom stereocenters. The molecular formula is C22H25ClFN3O3. The second-order valence-electron chi connectivity index (χ2n) is 8.18. The minimum Gasteiger partial charge on any atom is -0.344 e. The van der Waals surface area contributed by atoms with Gasteiger partial charge in [-0.3, -0.25) is 14.4 Å². The lowest BCUT2D eigenvalue weighted by Gasteiger charge is -2.24. The van der Waals surface area contributed by atoms with E-state index in [2.05, 4.69) is 10.6 Å². The standard InChI is InChI=1S/C22H25ClFN3O3/c1-5-22(3,4)26-21(30)19(28)18-17(23)16(15-7-6-10-27(15)18)20(29)25-13-8-9-14(24)12(2)11-13/h8-9,11H,5-7,10H2,1-4H3,(H,25,29)(H,26,30). The van der Waals surface area contributed by atoms with Gasteiger partial charge in [-0.1, -0.05) is 18.5 Å². The van der Waals surface area contributed by atoms with Gasteiger partial charge in [0, 0.05) is 23.5 Å². The average molecular weight is 434 g/mol. The van der Waals surface area contributed by atoms with Gasteiger partial charge in [-0.2, -0.15) is 0 Å². The van der Waals surface area contributed by atoms with Crippen molar-refractivity contribution < 1.29 is 18.8 Å². The number of halogens is 2. The third kappa shape index (κ3) is 4.12. The van der Waals surface area contributed by atoms with Crippen molar-refractivity contribution in [2.24, 2.45) is 0 Å². The van der Waals surface area contributed by atoms with Crippen LogP contribution in [0.4, 0.5) is 10.1 Å². The van der Waals surface area contributed by atoms with Gasteiger partial charge < -0.3 is 15.2 Å². The zero-order chi connectivity index (χ0) is 22.2. The predicted molar refractivity (Wildman–Crippen MR) is 114 cm³/mol. The molecule has 0 saturated carbocycles. The third-order valence-electron chi connectivity index (χ3n) is 5.51. The van der Waals surface area contributed by atoms with E-state index in [1.165, 1.54) is 18.2 Å². The maximum absolute atomic E-state index is 13.5. The SMILES string of the molecule is CCC(C)(C)NC(=O)C(=O)c1c(Cl)c(C(=O)Nc2ccc(F)c(C)c2)c2n1CCC2. The molecule has 1 aromatic carbocycles. The highest BCUT2D eigenvalue weighted by Gasteiger charge is 2.35. The first-order valence-corrected chi connectivity index (χ1v) is 10.3. The second kappa shape index (κ2) is 8.22. The lowest BCUT2D eigenvalue weighted by atomic mass is 10.0. The van der Waals surface area contributed by atoms with Crippen molar-refractivity contribution in [2.45, 2.75) is 59.0 Å². The Bertz CT molecular complexity index is 1040. The quantitative estimate of drug-likeness (QED) is 0.527. The molecule has 0 spiro atoms. The van der Waals surface area contributed by atoms with Crippen molar-refractivity contribution in [3.63, 3.8) is 0 Å². The Balaban J connectivity index is 1.94. The highest BCUT2D eigenvalue weighted by molar-refractivity contribution is 6.48. The summed E-state index contributed by atoms with van der Waals surface area (Å²) in [6, 6.07) is 4.24. The molecule has 2 N–H and O–H groups in total. The van der Waals surface area contributed by atoms with Gasteiger partial charge in [0.1, 0.15) is 11.5 Å². The van der Waals surface area contributed by atoms with Crippen LogP contribution in [0.3, 0.4) is 0 Å². The maximum atomic E-state index is 13.5. The summed E-state index contributed by atoms with van der Waals surface area (Å²) in [4.78, 5) is 38.4. The normalized spacial score (nSPS) is 13.1. The van der Waals surface area contributed by atoms with Gasteiger partial charge in [0.25, 0.3) is 17.6 Å². The molecule has 1 aliphatic heterocycles. The largest absolute Gasteiger partial charge is 0.344 e. The number of aryl methyl sites for hydroxylation is 1. The van der Waals surface area contributed by atoms with Gasteiger partial charge in [0.15, 0.2) is 0 Å². The summed E-state index contributed by atoms with van der Waals surface area (Å²) in [5.41, 5.74) is 1.12. The molecule has 2 amide bonds. The van der Waals surface area contributed by atoms with E-state index >= 15 is 0 Å². The fraction of sp³-hybridized carbons (Fsp3) is 0.409. The number of amides is 2. The van der Waals surface area contributed by atoms with Crippen LogP contribution in [0, 0.1) is 12.7 Å². The van der Waals surface area contributed by atoms with Crippen LogP contribution in [0.15, 0.2) is 18.2 Å². The number of fused-ring (bicyclic) bond motifs is 1. The molecule has 0 bridgehead atoms. The molecule has 1 aliphatic rings. The Hall–Kier alpha value is -2.67. The molecule has 2 heterocycles. The Kier molecular flexibility index (Phi) is 6.04. The Labute approximate surface area is 179 Å². The third-order valence-corrected chi connectivity index (χ3v) is 5.87. The van der Waals surface area contributed by atoms with Crippen LogP contribution < -0.4 is 10.6 Å². The van der Waals surface area contributed by atoms with Crippen molar-refractivity contribution in [3.8, 4) is 0 Å². The number of rotatable bonds is 6. The number of carbonyl (C=O) groups excluding carboxylic acids is 3. The molecule has 2 aromatic rings. The van der Waals surface area contributed by atoms with Gasteiger partial charge >= 0.3 is 0 Å². The number of nitrogens with one attached hydrogen (secondary N) is 2. The van der Waals surface area contributed by atoms with Crippen molar-refractivity contribution in [2.75, 3.05) is 5.32 Å². The highest BCUT2D eigenvalue weighted by atomic mass is 35.5. The topological polar surface area (TPSA) is 80.2 Å². The summed E-state index contributed by atoms with van der Waals surface area (Å²) in [6.07, 6.45) is 1.96. The molecule has 0 saturated heterocycles. The van der Waals surface area contributed by atoms with Crippen LogP contribution in [-0.4, -0.2) is 27.7 Å². The molecule has 160 valence electrons. The first-order chi connectivity index (χ1) is 14.1. The number of ketones is 1. The van der Waals surface area contributed by atoms with E-state index in [-0.39, 0.29) is 22.1 Å². The minimum absolute atomic E-state index is 0.0320. The minimum atomic E-state index is -0.763. The van der Waals surface area contributed by atoms with E-state index in [1.807, 2.05) is 20.8 Å². The fourth-order valence-electron chi connectivity index (χ4n) is 3.47. The van der Waals surface area contributed by atoms with Crippen LogP contribution in [0.25, 0.3) is 0 Å². The molecule has 0 aliphatic carbocycles. The van der Waals surface area contributed by atoms with Crippen LogP contribution in [0.1, 0.15) is 65.7 Å². The first-order valence-electron chi connectivity index (χ1n) is 9.91. The van der Waals surface area contributed by atoms with Crippen LogP contribution in [0.5, 0.6) is 0 Å². The van der Waals surface area contributed by atoms with Crippen LogP contribution in [-0.2, 0) is 17.8 Å². The van der Waals surface area contributed by atoms with Crippen molar-refractivity contribution in [1.29, 1.82) is 0 Å². The number of Topliss-reactive ketones (excluding diaryl/α,β-unsaturated/α-hetero) is 1. The zero-order valence-electron chi connectivity index (χ0n) is 17.5. The van der Waals surface area contributed by atoms with E-state index in [0.717, 1.165) is 6.42 Å². The van der Waals surface area contributed by atoms with Gasteiger partial charge in [-0.15, -0.1) is 0 Å². The number of hydrogen-bond acceptors (Lipinski definition) is 3. The molecule has 8 heteroatoms. The summed E-state index contributed by atoms with van der Waals surface area (Å²) >= 11 is 6.47. The van der Waals surface area contributed by atoms with E-state index in [4.69, 9.17) is 11.6 Å². The summed E-state index contributed by atoms with van der Waals surface area (Å²) in [5, 5.41) is 5.39. The average Bonchev–Trinajstić information content (AvgIpc) is 3.23. The number of nitrogens with zero attached hydrogens (tertiary/aromatic N) is 1. The smallest absolute Gasteiger partial charge is 0.294 e. The maximum Gasteiger partial charge on any atom is 0.294 e. The molecule has 3 rings (SSSR count). The number of benzene rings is 1. The van der Waals surface area contributed by atoms with Crippen molar-refractivity contribution in [3.05, 3.63) is 51.6 Å². The lowest BCUT2D eigenvalue weighted by molar-refractivity contribution is -0.118. The van der Waals surface area contributed by atoms with E-state index in [9.17, 15) is 18.8 Å². The molecule has 0 fully saturated rings. The molecule has 30 heavy (non-hydrogen) atoms. The number of carbonyl (C=O) groups is 3. The Morgan fingerprint density at radius 1 is 1.27 bits per heavy atom. The molecular weight excluding hydrogens is 409 g/mol. The van der Waals surface area contributed by atoms with Crippen LogP contribution in [0.2, 0.25) is 5.02 Å². The summed E-state index contributed by atoms with van der Waals surface area (Å²) in [6.45, 7) is 7.66. The number of hydrogen-bond donors (Lipinski definition) is 2. The monoisotopic (exact) mass is 433 g/mol. The summed E-state index contributed by atoms with van der Waals surface area (Å²) < 4.78 is 15.2. The first kappa shape index (κ1) is 22.0. The van der Waals surface area contributed by atoms with Gasteiger partial charge in [-0.05, 0) is 63.8 Å². The highest BCUT2D eigenvalue weighted by Crippen LogP contribution is 2.34. The second-order valence-corrected chi connectivity index (χ2v) is 8.56. The van der Waals surface area contributed by atoms with Crippen molar-refractivity contribution >= 4 is 34.9 Å². The number of aromatic nitrogens is 1. The van der Waals surface area contributed by atoms with E-state index in [0.29, 0.717) is 36.3 Å². The van der Waals surface area contributed by atoms with Crippen LogP contribution >= 0.6 is 11.6 Å². The van der Waals surface area contributed by atoms with Crippen molar-refractivity contribution in [1.82, 2.24) is 9.88 Å². The number of anilines is 1. The summed E-state index contributed by atoms with van der Waals surface area (Å²) in [7, 11) is 0. The Morgan fingerprint density at radius 2 is 1.97 bits per heavy atom. The van der Waals surface area contributed by atoms with Gasteiger partial charge in [0.05, 0.1) is 10.6 Å².